The van der Waals surface area contributed by atoms with Gasteiger partial charge in [0.15, 0.2) is 0 Å². The summed E-state index contributed by atoms with van der Waals surface area (Å²) in [6.07, 6.45) is 3.83. The summed E-state index contributed by atoms with van der Waals surface area (Å²) in [6, 6.07) is -0.0728. The van der Waals surface area contributed by atoms with Crippen molar-refractivity contribution in [1.82, 2.24) is 10.3 Å². The van der Waals surface area contributed by atoms with Crippen molar-refractivity contribution in [2.45, 2.75) is 45.2 Å². The Hall–Kier alpha value is -1.47. The highest BCUT2D eigenvalue weighted by atomic mass is 32.1. The van der Waals surface area contributed by atoms with Gasteiger partial charge < -0.3 is 16.2 Å². The monoisotopic (exact) mass is 297 g/mol. The highest BCUT2D eigenvalue weighted by Crippen LogP contribution is 2.23. The van der Waals surface area contributed by atoms with Crippen molar-refractivity contribution < 1.29 is 14.7 Å². The summed E-state index contributed by atoms with van der Waals surface area (Å²) in [6.45, 7) is 1.92. The molecule has 1 aliphatic carbocycles. The summed E-state index contributed by atoms with van der Waals surface area (Å²) in [7, 11) is 0. The van der Waals surface area contributed by atoms with Crippen LogP contribution in [0.25, 0.3) is 0 Å². The molecule has 0 saturated heterocycles. The molecular formula is C13H19N3O3S. The second-order valence-electron chi connectivity index (χ2n) is 5.10. The lowest BCUT2D eigenvalue weighted by Crippen LogP contribution is -2.43. The van der Waals surface area contributed by atoms with E-state index in [9.17, 15) is 9.59 Å². The average Bonchev–Trinajstić information content (AvgIpc) is 2.78. The molecule has 1 aromatic rings. The second-order valence-corrected chi connectivity index (χ2v) is 6.18. The smallest absolute Gasteiger partial charge is 0.347 e. The maximum Gasteiger partial charge on any atom is 0.347 e. The van der Waals surface area contributed by atoms with Crippen LogP contribution in [0.5, 0.6) is 0 Å². The Morgan fingerprint density at radius 1 is 1.45 bits per heavy atom. The van der Waals surface area contributed by atoms with Gasteiger partial charge in [0, 0.05) is 6.04 Å². The molecule has 1 heterocycles. The molecule has 2 rings (SSSR count). The zero-order valence-electron chi connectivity index (χ0n) is 11.4. The first-order chi connectivity index (χ1) is 9.49. The Morgan fingerprint density at radius 3 is 2.75 bits per heavy atom. The molecule has 1 saturated carbocycles. The fraction of sp³-hybridized carbons (Fsp3) is 0.615. The van der Waals surface area contributed by atoms with E-state index >= 15 is 0 Å². The normalized spacial score (nSPS) is 22.5. The highest BCUT2D eigenvalue weighted by Gasteiger charge is 2.28. The van der Waals surface area contributed by atoms with Crippen molar-refractivity contribution in [1.29, 1.82) is 0 Å². The summed E-state index contributed by atoms with van der Waals surface area (Å²) in [5.74, 6) is -1.17. The summed E-state index contributed by atoms with van der Waals surface area (Å²) >= 11 is 1.10. The van der Waals surface area contributed by atoms with E-state index in [1.807, 2.05) is 0 Å². The number of nitrogens with one attached hydrogen (secondary N) is 1. The Labute approximate surface area is 121 Å². The lowest BCUT2D eigenvalue weighted by atomic mass is 9.84. The van der Waals surface area contributed by atoms with E-state index < -0.39 is 5.97 Å². The summed E-state index contributed by atoms with van der Waals surface area (Å²) in [5.41, 5.74) is 6.45. The van der Waals surface area contributed by atoms with E-state index in [1.54, 1.807) is 6.92 Å². The first-order valence-corrected chi connectivity index (χ1v) is 7.53. The summed E-state index contributed by atoms with van der Waals surface area (Å²) in [5, 5.41) is 12.4. The Morgan fingerprint density at radius 2 is 2.15 bits per heavy atom. The molecule has 0 aromatic carbocycles. The predicted octanol–water partition coefficient (Wildman–Crippen LogP) is 1.28. The van der Waals surface area contributed by atoms with Crippen LogP contribution < -0.4 is 11.1 Å². The largest absolute Gasteiger partial charge is 0.477 e. The van der Waals surface area contributed by atoms with Crippen molar-refractivity contribution >= 4 is 23.2 Å². The number of carbonyl (C=O) groups is 2. The first kappa shape index (κ1) is 14.9. The number of thiazole rings is 1. The molecule has 7 heteroatoms. The zero-order chi connectivity index (χ0) is 14.7. The zero-order valence-corrected chi connectivity index (χ0v) is 12.2. The molecule has 0 bridgehead atoms. The number of amides is 1. The quantitative estimate of drug-likeness (QED) is 0.776. The van der Waals surface area contributed by atoms with Gasteiger partial charge in [-0.1, -0.05) is 12.8 Å². The number of rotatable bonds is 4. The van der Waals surface area contributed by atoms with E-state index in [0.717, 1.165) is 37.0 Å². The van der Waals surface area contributed by atoms with Crippen LogP contribution >= 0.6 is 11.3 Å². The van der Waals surface area contributed by atoms with Crippen LogP contribution in [-0.4, -0.2) is 28.0 Å². The van der Waals surface area contributed by atoms with E-state index in [1.165, 1.54) is 0 Å². The van der Waals surface area contributed by atoms with Crippen molar-refractivity contribution in [3.8, 4) is 0 Å². The van der Waals surface area contributed by atoms with Crippen molar-refractivity contribution in [2.75, 3.05) is 0 Å². The number of nitrogens with two attached hydrogens (primary N) is 1. The molecule has 110 valence electrons. The number of aryl methyl sites for hydroxylation is 1. The molecule has 1 aromatic heterocycles. The third-order valence-corrected chi connectivity index (χ3v) is 4.75. The molecule has 4 N–H and O–H groups in total. The third kappa shape index (κ3) is 3.34. The maximum atomic E-state index is 12.1. The highest BCUT2D eigenvalue weighted by molar-refractivity contribution is 7.13. The van der Waals surface area contributed by atoms with Gasteiger partial charge in [0.2, 0.25) is 5.91 Å². The van der Waals surface area contributed by atoms with Gasteiger partial charge in [0.25, 0.3) is 0 Å². The number of aromatic nitrogens is 1. The van der Waals surface area contributed by atoms with Crippen LogP contribution in [0.3, 0.4) is 0 Å². The molecule has 0 radical (unpaired) electrons. The van der Waals surface area contributed by atoms with Gasteiger partial charge in [-0.15, -0.1) is 11.3 Å². The van der Waals surface area contributed by atoms with Gasteiger partial charge in [-0.25, -0.2) is 9.78 Å². The number of nitrogens with zero attached hydrogens (tertiary/aromatic N) is 1. The minimum atomic E-state index is -0.980. The van der Waals surface area contributed by atoms with E-state index in [2.05, 4.69) is 10.3 Å². The lowest BCUT2D eigenvalue weighted by Gasteiger charge is -2.27. The van der Waals surface area contributed by atoms with Gasteiger partial charge in [-0.3, -0.25) is 4.79 Å². The fourth-order valence-electron chi connectivity index (χ4n) is 2.51. The van der Waals surface area contributed by atoms with Crippen LogP contribution in [-0.2, 0) is 11.3 Å². The Kier molecular flexibility index (Phi) is 4.72. The minimum Gasteiger partial charge on any atom is -0.477 e. The Bertz CT molecular complexity index is 515. The number of hydrogen-bond acceptors (Lipinski definition) is 5. The maximum absolute atomic E-state index is 12.1. The van der Waals surface area contributed by atoms with E-state index in [4.69, 9.17) is 10.8 Å². The predicted molar refractivity (Wildman–Crippen MR) is 75.6 cm³/mol. The number of hydrogen-bond donors (Lipinski definition) is 3. The third-order valence-electron chi connectivity index (χ3n) is 3.61. The summed E-state index contributed by atoms with van der Waals surface area (Å²) in [4.78, 5) is 27.4. The molecule has 2 unspecified atom stereocenters. The SMILES string of the molecule is Cc1nc(CNC(=O)C2CCCCC2N)sc1C(=O)O. The standard InChI is InChI=1S/C13H19N3O3S/c1-7-11(13(18)19)20-10(16-7)6-15-12(17)8-4-2-3-5-9(8)14/h8-9H,2-6,14H2,1H3,(H,15,17)(H,18,19). The molecule has 20 heavy (non-hydrogen) atoms. The van der Waals surface area contributed by atoms with Crippen LogP contribution in [0.2, 0.25) is 0 Å². The Balaban J connectivity index is 1.93. The van der Waals surface area contributed by atoms with Crippen LogP contribution in [0.1, 0.15) is 46.1 Å². The van der Waals surface area contributed by atoms with Crippen molar-refractivity contribution in [2.24, 2.45) is 11.7 Å². The van der Waals surface area contributed by atoms with Gasteiger partial charge >= 0.3 is 5.97 Å². The van der Waals surface area contributed by atoms with Gasteiger partial charge in [-0.2, -0.15) is 0 Å². The van der Waals surface area contributed by atoms with Crippen molar-refractivity contribution in [3.05, 3.63) is 15.6 Å². The number of carboxylic acids is 1. The first-order valence-electron chi connectivity index (χ1n) is 6.72. The van der Waals surface area contributed by atoms with Gasteiger partial charge in [0.1, 0.15) is 9.88 Å². The fourth-order valence-corrected chi connectivity index (χ4v) is 3.35. The van der Waals surface area contributed by atoms with Crippen LogP contribution in [0, 0.1) is 12.8 Å². The average molecular weight is 297 g/mol. The number of carboxylic acid groups (broad SMARTS) is 1. The molecule has 0 spiro atoms. The lowest BCUT2D eigenvalue weighted by molar-refractivity contribution is -0.126. The van der Waals surface area contributed by atoms with Gasteiger partial charge in [0.05, 0.1) is 18.2 Å². The van der Waals surface area contributed by atoms with Crippen molar-refractivity contribution in [3.63, 3.8) is 0 Å². The van der Waals surface area contributed by atoms with Gasteiger partial charge in [-0.05, 0) is 19.8 Å². The van der Waals surface area contributed by atoms with E-state index in [0.29, 0.717) is 10.7 Å². The minimum absolute atomic E-state index is 0.0538. The van der Waals surface area contributed by atoms with E-state index in [-0.39, 0.29) is 29.3 Å². The molecule has 1 fully saturated rings. The molecule has 6 nitrogen and oxygen atoms in total. The van der Waals surface area contributed by atoms with Crippen LogP contribution in [0.15, 0.2) is 0 Å². The molecule has 1 aliphatic rings. The molecule has 1 amide bonds. The number of aromatic carboxylic acids is 1. The summed E-state index contributed by atoms with van der Waals surface area (Å²) < 4.78 is 0. The topological polar surface area (TPSA) is 105 Å². The number of carbonyl (C=O) groups excluding carboxylic acids is 1. The molecule has 2 atom stereocenters. The molecule has 0 aliphatic heterocycles. The second kappa shape index (κ2) is 6.32. The molecular weight excluding hydrogens is 278 g/mol. The van der Waals surface area contributed by atoms with Crippen LogP contribution in [0.4, 0.5) is 0 Å².